The van der Waals surface area contributed by atoms with Crippen LogP contribution in [0.15, 0.2) is 36.4 Å². The summed E-state index contributed by atoms with van der Waals surface area (Å²) in [6.45, 7) is -0.0560. The quantitative estimate of drug-likeness (QED) is 0.630. The zero-order chi connectivity index (χ0) is 17.8. The summed E-state index contributed by atoms with van der Waals surface area (Å²) < 4.78 is 28.3. The first-order valence-corrected chi connectivity index (χ1v) is 7.40. The Bertz CT molecular complexity index is 825. The van der Waals surface area contributed by atoms with E-state index < -0.39 is 24.3 Å². The Labute approximate surface area is 142 Å². The van der Waals surface area contributed by atoms with Gasteiger partial charge in [-0.15, -0.1) is 0 Å². The fourth-order valence-corrected chi connectivity index (χ4v) is 2.23. The first kappa shape index (κ1) is 16.6. The molecule has 2 aromatic carbocycles. The normalized spacial score (nSPS) is 11.9. The van der Waals surface area contributed by atoms with Crippen LogP contribution in [0.1, 0.15) is 15.9 Å². The number of nitrogens with two attached hydrogens (primary N) is 1. The number of esters is 1. The minimum absolute atomic E-state index is 0.00460. The molecule has 0 unspecified atom stereocenters. The number of hydrogen-bond acceptors (Lipinski definition) is 6. The summed E-state index contributed by atoms with van der Waals surface area (Å²) >= 11 is 0. The summed E-state index contributed by atoms with van der Waals surface area (Å²) in [4.78, 5) is 23.6. The Balaban J connectivity index is 1.48. The molecule has 0 radical (unpaired) electrons. The highest BCUT2D eigenvalue weighted by Crippen LogP contribution is 2.32. The van der Waals surface area contributed by atoms with Gasteiger partial charge in [0.25, 0.3) is 5.91 Å². The number of carbonyl (C=O) groups is 2. The number of anilines is 1. The highest BCUT2D eigenvalue weighted by atomic mass is 19.1. The smallest absolute Gasteiger partial charge is 0.340 e. The van der Waals surface area contributed by atoms with Gasteiger partial charge in [-0.1, -0.05) is 6.07 Å². The SMILES string of the molecule is Nc1cc(F)ccc1C(=O)OCC(=O)NCc1ccc2c(c1)OCO2. The van der Waals surface area contributed by atoms with Crippen molar-refractivity contribution in [1.29, 1.82) is 0 Å². The van der Waals surface area contributed by atoms with Crippen molar-refractivity contribution in [2.24, 2.45) is 0 Å². The van der Waals surface area contributed by atoms with E-state index in [0.29, 0.717) is 11.5 Å². The number of carbonyl (C=O) groups excluding carboxylic acids is 2. The third-order valence-electron chi connectivity index (χ3n) is 3.49. The Hall–Kier alpha value is -3.29. The van der Waals surface area contributed by atoms with E-state index >= 15 is 0 Å². The van der Waals surface area contributed by atoms with Gasteiger partial charge in [-0.25, -0.2) is 9.18 Å². The highest BCUT2D eigenvalue weighted by molar-refractivity contribution is 5.96. The average molecular weight is 346 g/mol. The molecule has 1 amide bonds. The number of fused-ring (bicyclic) bond motifs is 1. The molecule has 130 valence electrons. The molecule has 1 aliphatic rings. The highest BCUT2D eigenvalue weighted by Gasteiger charge is 2.15. The number of benzene rings is 2. The lowest BCUT2D eigenvalue weighted by Gasteiger charge is -2.08. The number of amides is 1. The van der Waals surface area contributed by atoms with Crippen LogP contribution in [0.4, 0.5) is 10.1 Å². The predicted molar refractivity (Wildman–Crippen MR) is 85.5 cm³/mol. The van der Waals surface area contributed by atoms with E-state index in [2.05, 4.69) is 5.32 Å². The van der Waals surface area contributed by atoms with Gasteiger partial charge < -0.3 is 25.3 Å². The van der Waals surface area contributed by atoms with Crippen LogP contribution in [0.25, 0.3) is 0 Å². The van der Waals surface area contributed by atoms with E-state index in [1.165, 1.54) is 6.07 Å². The van der Waals surface area contributed by atoms with Gasteiger partial charge in [-0.3, -0.25) is 4.79 Å². The molecule has 3 rings (SSSR count). The molecule has 0 aromatic heterocycles. The van der Waals surface area contributed by atoms with E-state index in [1.807, 2.05) is 0 Å². The van der Waals surface area contributed by atoms with E-state index in [0.717, 1.165) is 17.7 Å². The molecule has 7 nitrogen and oxygen atoms in total. The Morgan fingerprint density at radius 3 is 2.76 bits per heavy atom. The van der Waals surface area contributed by atoms with Crippen LogP contribution < -0.4 is 20.5 Å². The molecule has 0 saturated carbocycles. The number of hydrogen-bond donors (Lipinski definition) is 2. The second-order valence-electron chi connectivity index (χ2n) is 5.27. The molecule has 0 atom stereocenters. The first-order chi connectivity index (χ1) is 12.0. The van der Waals surface area contributed by atoms with E-state index in [9.17, 15) is 14.0 Å². The van der Waals surface area contributed by atoms with Gasteiger partial charge in [0.1, 0.15) is 5.82 Å². The van der Waals surface area contributed by atoms with Gasteiger partial charge in [0.2, 0.25) is 6.79 Å². The number of nitrogen functional groups attached to an aromatic ring is 1. The maximum absolute atomic E-state index is 13.0. The molecule has 0 bridgehead atoms. The lowest BCUT2D eigenvalue weighted by molar-refractivity contribution is -0.124. The third kappa shape index (κ3) is 3.97. The van der Waals surface area contributed by atoms with Crippen molar-refractivity contribution >= 4 is 17.6 Å². The number of ether oxygens (including phenoxy) is 3. The molecule has 8 heteroatoms. The second kappa shape index (κ2) is 7.08. The molecule has 0 saturated heterocycles. The number of rotatable bonds is 5. The summed E-state index contributed by atoms with van der Waals surface area (Å²) in [7, 11) is 0. The first-order valence-electron chi connectivity index (χ1n) is 7.40. The van der Waals surface area contributed by atoms with Crippen molar-refractivity contribution in [3.63, 3.8) is 0 Å². The van der Waals surface area contributed by atoms with Crippen LogP contribution in [-0.4, -0.2) is 25.3 Å². The summed E-state index contributed by atoms with van der Waals surface area (Å²) in [6.07, 6.45) is 0. The average Bonchev–Trinajstić information content (AvgIpc) is 3.05. The van der Waals surface area contributed by atoms with Crippen molar-refractivity contribution in [1.82, 2.24) is 5.32 Å². The molecule has 0 spiro atoms. The second-order valence-corrected chi connectivity index (χ2v) is 5.27. The lowest BCUT2D eigenvalue weighted by atomic mass is 10.2. The van der Waals surface area contributed by atoms with Gasteiger partial charge in [0.05, 0.1) is 5.56 Å². The van der Waals surface area contributed by atoms with Gasteiger partial charge in [0.15, 0.2) is 18.1 Å². The topological polar surface area (TPSA) is 99.9 Å². The summed E-state index contributed by atoms with van der Waals surface area (Å²) in [5.74, 6) is -0.566. The Morgan fingerprint density at radius 1 is 1.16 bits per heavy atom. The van der Waals surface area contributed by atoms with Crippen molar-refractivity contribution in [2.75, 3.05) is 19.1 Å². The van der Waals surface area contributed by atoms with Gasteiger partial charge in [-0.05, 0) is 35.9 Å². The zero-order valence-electron chi connectivity index (χ0n) is 13.1. The minimum atomic E-state index is -0.796. The zero-order valence-corrected chi connectivity index (χ0v) is 13.1. The van der Waals surface area contributed by atoms with Crippen molar-refractivity contribution in [3.05, 3.63) is 53.3 Å². The Morgan fingerprint density at radius 2 is 1.96 bits per heavy atom. The van der Waals surface area contributed by atoms with Crippen LogP contribution >= 0.6 is 0 Å². The molecular formula is C17H15FN2O5. The fourth-order valence-electron chi connectivity index (χ4n) is 2.23. The maximum Gasteiger partial charge on any atom is 0.340 e. The minimum Gasteiger partial charge on any atom is -0.454 e. The lowest BCUT2D eigenvalue weighted by Crippen LogP contribution is -2.28. The summed E-state index contributed by atoms with van der Waals surface area (Å²) in [5.41, 5.74) is 6.31. The van der Waals surface area contributed by atoms with E-state index in [4.69, 9.17) is 19.9 Å². The largest absolute Gasteiger partial charge is 0.454 e. The molecule has 2 aromatic rings. The van der Waals surface area contributed by atoms with Crippen molar-refractivity contribution in [3.8, 4) is 11.5 Å². The summed E-state index contributed by atoms with van der Waals surface area (Å²) in [5, 5.41) is 2.62. The van der Waals surface area contributed by atoms with Gasteiger partial charge >= 0.3 is 5.97 Å². The van der Waals surface area contributed by atoms with Crippen molar-refractivity contribution < 1.29 is 28.2 Å². The molecule has 25 heavy (non-hydrogen) atoms. The predicted octanol–water partition coefficient (Wildman–Crippen LogP) is 1.61. The third-order valence-corrected chi connectivity index (χ3v) is 3.49. The summed E-state index contributed by atoms with van der Waals surface area (Å²) in [6, 6.07) is 8.61. The van der Waals surface area contributed by atoms with E-state index in [1.54, 1.807) is 18.2 Å². The molecular weight excluding hydrogens is 331 g/mol. The van der Waals surface area contributed by atoms with Crippen LogP contribution in [-0.2, 0) is 16.1 Å². The molecule has 0 aliphatic carbocycles. The maximum atomic E-state index is 13.0. The molecule has 1 heterocycles. The van der Waals surface area contributed by atoms with Gasteiger partial charge in [-0.2, -0.15) is 0 Å². The standard InChI is InChI=1S/C17H15FN2O5/c18-11-2-3-12(13(19)6-11)17(22)23-8-16(21)20-7-10-1-4-14-15(5-10)25-9-24-14/h1-6H,7-9,19H2,(H,20,21). The fraction of sp³-hybridized carbons (Fsp3) is 0.176. The van der Waals surface area contributed by atoms with Crippen LogP contribution in [0.3, 0.4) is 0 Å². The molecule has 1 aliphatic heterocycles. The van der Waals surface area contributed by atoms with Crippen LogP contribution in [0.5, 0.6) is 11.5 Å². The monoisotopic (exact) mass is 346 g/mol. The Kier molecular flexibility index (Phi) is 4.69. The number of halogens is 1. The van der Waals surface area contributed by atoms with Crippen LogP contribution in [0.2, 0.25) is 0 Å². The number of nitrogens with one attached hydrogen (secondary N) is 1. The molecule has 0 fully saturated rings. The van der Waals surface area contributed by atoms with E-state index in [-0.39, 0.29) is 24.6 Å². The van der Waals surface area contributed by atoms with Gasteiger partial charge in [0, 0.05) is 12.2 Å². The molecule has 3 N–H and O–H groups in total. The van der Waals surface area contributed by atoms with Crippen LogP contribution in [0, 0.1) is 5.82 Å². The van der Waals surface area contributed by atoms with Crippen molar-refractivity contribution in [2.45, 2.75) is 6.54 Å².